The first-order valence-corrected chi connectivity index (χ1v) is 10.7. The van der Waals surface area contributed by atoms with E-state index in [1.165, 1.54) is 5.56 Å². The number of Topliss-reactive ketones (excluding diaryl/α,β-unsaturated/α-hetero) is 1. The van der Waals surface area contributed by atoms with Crippen LogP contribution < -0.4 is 9.47 Å². The molecule has 1 heterocycles. The molecule has 0 saturated heterocycles. The van der Waals surface area contributed by atoms with Crippen LogP contribution in [0, 0.1) is 5.92 Å². The van der Waals surface area contributed by atoms with Crippen LogP contribution in [0.2, 0.25) is 0 Å². The first-order chi connectivity index (χ1) is 14.7. The van der Waals surface area contributed by atoms with E-state index >= 15 is 0 Å². The number of carbonyl (C=O) groups is 1. The van der Waals surface area contributed by atoms with Crippen molar-refractivity contribution in [3.63, 3.8) is 0 Å². The van der Waals surface area contributed by atoms with Gasteiger partial charge in [-0.25, -0.2) is 0 Å². The Bertz CT molecular complexity index is 1010. The first-order valence-electron chi connectivity index (χ1n) is 10.7. The molecule has 5 nitrogen and oxygen atoms in total. The van der Waals surface area contributed by atoms with Gasteiger partial charge in [0.15, 0.2) is 5.78 Å². The lowest BCUT2D eigenvalue weighted by Gasteiger charge is -2.25. The summed E-state index contributed by atoms with van der Waals surface area (Å²) in [6.07, 6.45) is 9.54. The summed E-state index contributed by atoms with van der Waals surface area (Å²) in [5.74, 6) is 1.73. The zero-order valence-electron chi connectivity index (χ0n) is 17.6. The molecule has 1 aromatic heterocycles. The molecular weight excluding hydrogens is 376 g/mol. The van der Waals surface area contributed by atoms with Crippen molar-refractivity contribution in [2.24, 2.45) is 5.92 Å². The monoisotopic (exact) mass is 404 g/mol. The molecule has 0 bridgehead atoms. The van der Waals surface area contributed by atoms with Crippen LogP contribution in [0.15, 0.2) is 48.8 Å². The van der Waals surface area contributed by atoms with Crippen LogP contribution in [-0.4, -0.2) is 30.0 Å². The quantitative estimate of drug-likeness (QED) is 0.519. The van der Waals surface area contributed by atoms with Crippen molar-refractivity contribution in [2.75, 3.05) is 14.2 Å². The number of methoxy groups -OCH3 is 2. The van der Waals surface area contributed by atoms with Crippen molar-refractivity contribution >= 4 is 16.8 Å². The summed E-state index contributed by atoms with van der Waals surface area (Å²) in [6.45, 7) is 0. The number of benzene rings is 2. The van der Waals surface area contributed by atoms with Gasteiger partial charge < -0.3 is 9.47 Å². The highest BCUT2D eigenvalue weighted by Crippen LogP contribution is 2.38. The highest BCUT2D eigenvalue weighted by Gasteiger charge is 2.28. The molecule has 2 aromatic carbocycles. The van der Waals surface area contributed by atoms with E-state index in [1.54, 1.807) is 26.6 Å². The second-order valence-electron chi connectivity index (χ2n) is 7.96. The SMILES string of the molecule is COc1cccc(OC)c1C(=O)C1CCCCC(c2ccc3nccnc3c2)CC1. The lowest BCUT2D eigenvalue weighted by atomic mass is 9.79. The van der Waals surface area contributed by atoms with Gasteiger partial charge in [0.2, 0.25) is 0 Å². The maximum absolute atomic E-state index is 13.5. The van der Waals surface area contributed by atoms with E-state index in [1.807, 2.05) is 18.2 Å². The largest absolute Gasteiger partial charge is 0.496 e. The molecule has 0 spiro atoms. The molecule has 4 rings (SSSR count). The van der Waals surface area contributed by atoms with Crippen molar-refractivity contribution in [2.45, 2.75) is 44.4 Å². The van der Waals surface area contributed by atoms with E-state index in [9.17, 15) is 4.79 Å². The molecule has 3 aromatic rings. The normalized spacial score (nSPS) is 19.7. The van der Waals surface area contributed by atoms with Gasteiger partial charge in [-0.2, -0.15) is 0 Å². The van der Waals surface area contributed by atoms with E-state index in [0.717, 1.165) is 49.6 Å². The van der Waals surface area contributed by atoms with Gasteiger partial charge in [0, 0.05) is 18.3 Å². The second-order valence-corrected chi connectivity index (χ2v) is 7.96. The molecule has 30 heavy (non-hydrogen) atoms. The van der Waals surface area contributed by atoms with Gasteiger partial charge in [-0.1, -0.05) is 25.0 Å². The molecule has 0 radical (unpaired) electrons. The van der Waals surface area contributed by atoms with Crippen LogP contribution in [0.3, 0.4) is 0 Å². The first kappa shape index (κ1) is 20.3. The fourth-order valence-electron chi connectivity index (χ4n) is 4.60. The number of ether oxygens (including phenoxy) is 2. The molecule has 1 saturated carbocycles. The third kappa shape index (κ3) is 4.16. The minimum atomic E-state index is -0.0155. The summed E-state index contributed by atoms with van der Waals surface area (Å²) in [5.41, 5.74) is 3.73. The predicted octanol–water partition coefficient (Wildman–Crippen LogP) is 5.58. The molecule has 1 fully saturated rings. The minimum absolute atomic E-state index is 0.0155. The molecule has 5 heteroatoms. The van der Waals surface area contributed by atoms with Crippen molar-refractivity contribution in [3.05, 3.63) is 59.9 Å². The third-order valence-electron chi connectivity index (χ3n) is 6.23. The van der Waals surface area contributed by atoms with E-state index < -0.39 is 0 Å². The average Bonchev–Trinajstić information content (AvgIpc) is 2.78. The number of hydrogen-bond acceptors (Lipinski definition) is 5. The lowest BCUT2D eigenvalue weighted by Crippen LogP contribution is -2.19. The van der Waals surface area contributed by atoms with Crippen molar-refractivity contribution in [3.8, 4) is 11.5 Å². The fraction of sp³-hybridized carbons (Fsp3) is 0.400. The van der Waals surface area contributed by atoms with Gasteiger partial charge in [0.05, 0.1) is 25.3 Å². The van der Waals surface area contributed by atoms with Gasteiger partial charge in [-0.3, -0.25) is 14.8 Å². The molecule has 0 amide bonds. The number of nitrogens with zero attached hydrogens (tertiary/aromatic N) is 2. The number of fused-ring (bicyclic) bond motifs is 1. The predicted molar refractivity (Wildman–Crippen MR) is 117 cm³/mol. The Morgan fingerprint density at radius 2 is 1.57 bits per heavy atom. The molecular formula is C25H28N2O3. The van der Waals surface area contributed by atoms with Gasteiger partial charge >= 0.3 is 0 Å². The molecule has 1 aliphatic rings. The second kappa shape index (κ2) is 9.24. The standard InChI is InChI=1S/C25H28N2O3/c1-29-22-8-5-9-23(30-2)24(22)25(28)18-7-4-3-6-17(10-11-18)19-12-13-20-21(16-19)27-15-14-26-20/h5,8-9,12-18H,3-4,6-7,10-11H2,1-2H3. The smallest absolute Gasteiger partial charge is 0.173 e. The summed E-state index contributed by atoms with van der Waals surface area (Å²) in [7, 11) is 3.20. The Hall–Kier alpha value is -2.95. The van der Waals surface area contributed by atoms with Crippen LogP contribution in [0.4, 0.5) is 0 Å². The Morgan fingerprint density at radius 1 is 0.867 bits per heavy atom. The van der Waals surface area contributed by atoms with Gasteiger partial charge in [-0.05, 0) is 61.4 Å². The Labute approximate surface area is 177 Å². The van der Waals surface area contributed by atoms with E-state index in [0.29, 0.717) is 23.0 Å². The summed E-state index contributed by atoms with van der Waals surface area (Å²) >= 11 is 0. The van der Waals surface area contributed by atoms with Gasteiger partial charge in [0.25, 0.3) is 0 Å². The van der Waals surface area contributed by atoms with Crippen molar-refractivity contribution in [1.82, 2.24) is 9.97 Å². The minimum Gasteiger partial charge on any atom is -0.496 e. The number of ketones is 1. The molecule has 0 aliphatic heterocycles. The van der Waals surface area contributed by atoms with E-state index in [2.05, 4.69) is 28.2 Å². The van der Waals surface area contributed by atoms with Crippen LogP contribution in [-0.2, 0) is 0 Å². The fourth-order valence-corrected chi connectivity index (χ4v) is 4.60. The van der Waals surface area contributed by atoms with Crippen LogP contribution in [0.5, 0.6) is 11.5 Å². The van der Waals surface area contributed by atoms with Crippen LogP contribution >= 0.6 is 0 Å². The number of rotatable bonds is 5. The highest BCUT2D eigenvalue weighted by molar-refractivity contribution is 6.02. The third-order valence-corrected chi connectivity index (χ3v) is 6.23. The molecule has 156 valence electrons. The van der Waals surface area contributed by atoms with Crippen LogP contribution in [0.1, 0.15) is 60.4 Å². The Morgan fingerprint density at radius 3 is 2.30 bits per heavy atom. The summed E-state index contributed by atoms with van der Waals surface area (Å²) in [5, 5.41) is 0. The summed E-state index contributed by atoms with van der Waals surface area (Å²) in [6, 6.07) is 11.9. The Kier molecular flexibility index (Phi) is 6.26. The van der Waals surface area contributed by atoms with E-state index in [4.69, 9.17) is 9.47 Å². The van der Waals surface area contributed by atoms with Gasteiger partial charge in [0.1, 0.15) is 17.1 Å². The lowest BCUT2D eigenvalue weighted by molar-refractivity contribution is 0.0889. The zero-order chi connectivity index (χ0) is 20.9. The summed E-state index contributed by atoms with van der Waals surface area (Å²) < 4.78 is 10.9. The van der Waals surface area contributed by atoms with Gasteiger partial charge in [-0.15, -0.1) is 0 Å². The van der Waals surface area contributed by atoms with Crippen molar-refractivity contribution < 1.29 is 14.3 Å². The summed E-state index contributed by atoms with van der Waals surface area (Å²) in [4.78, 5) is 22.3. The molecule has 0 N–H and O–H groups in total. The molecule has 2 unspecified atom stereocenters. The zero-order valence-corrected chi connectivity index (χ0v) is 17.6. The van der Waals surface area contributed by atoms with E-state index in [-0.39, 0.29) is 11.7 Å². The maximum Gasteiger partial charge on any atom is 0.173 e. The number of aromatic nitrogens is 2. The Balaban J connectivity index is 1.55. The topological polar surface area (TPSA) is 61.3 Å². The van der Waals surface area contributed by atoms with Crippen LogP contribution in [0.25, 0.3) is 11.0 Å². The molecule has 2 atom stereocenters. The highest BCUT2D eigenvalue weighted by atomic mass is 16.5. The maximum atomic E-state index is 13.5. The molecule has 1 aliphatic carbocycles. The average molecular weight is 405 g/mol. The van der Waals surface area contributed by atoms with Crippen molar-refractivity contribution in [1.29, 1.82) is 0 Å². The number of carbonyl (C=O) groups excluding carboxylic acids is 1. The number of hydrogen-bond donors (Lipinski definition) is 0.